The Bertz CT molecular complexity index is 3550. The number of benzene rings is 10. The molecular formula is C55H34N2OS. The molecule has 0 N–H and O–H groups in total. The van der Waals surface area contributed by atoms with E-state index in [4.69, 9.17) is 9.40 Å². The summed E-state index contributed by atoms with van der Waals surface area (Å²) in [5, 5.41) is 9.43. The summed E-state index contributed by atoms with van der Waals surface area (Å²) in [5.74, 6) is 0.627. The highest BCUT2D eigenvalue weighted by Gasteiger charge is 2.20. The number of rotatable bonds is 6. The number of anilines is 3. The van der Waals surface area contributed by atoms with Gasteiger partial charge in [0.2, 0.25) is 5.89 Å². The molecule has 0 spiro atoms. The van der Waals surface area contributed by atoms with Crippen LogP contribution in [0.4, 0.5) is 17.1 Å². The van der Waals surface area contributed by atoms with Gasteiger partial charge in [0.25, 0.3) is 0 Å². The first-order chi connectivity index (χ1) is 29.2. The van der Waals surface area contributed by atoms with Crippen LogP contribution in [0.2, 0.25) is 0 Å². The summed E-state index contributed by atoms with van der Waals surface area (Å²) in [7, 11) is 0. The maximum absolute atomic E-state index is 6.67. The van der Waals surface area contributed by atoms with E-state index in [-0.39, 0.29) is 0 Å². The van der Waals surface area contributed by atoms with Gasteiger partial charge in [-0.05, 0) is 105 Å². The Hall–Kier alpha value is -7.53. The Labute approximate surface area is 344 Å². The third-order valence-corrected chi connectivity index (χ3v) is 12.8. The second-order valence-electron chi connectivity index (χ2n) is 15.1. The highest BCUT2D eigenvalue weighted by Crippen LogP contribution is 2.45. The number of hydrogen-bond acceptors (Lipinski definition) is 4. The Morgan fingerprint density at radius 2 is 1.02 bits per heavy atom. The minimum Gasteiger partial charge on any atom is -0.435 e. The molecule has 2 aromatic heterocycles. The lowest BCUT2D eigenvalue weighted by molar-refractivity contribution is 0.623. The van der Waals surface area contributed by atoms with Crippen LogP contribution in [-0.4, -0.2) is 4.98 Å². The van der Waals surface area contributed by atoms with E-state index in [2.05, 4.69) is 181 Å². The van der Waals surface area contributed by atoms with Crippen molar-refractivity contribution in [2.45, 2.75) is 0 Å². The standard InChI is InChI=1S/C55H34N2OS/c1-3-11-35(12-4-1)36-23-28-42(29-24-36)57(43-16-9-15-40(33-43)41-27-32-51-47(34-41)45-17-7-8-20-50(45)59-51)49-19-10-18-46-44(49)30-25-37-21-22-38-26-31-48-54(53(38)52(37)46)58-55(56-48)39-13-5-2-6-14-39/h1-34H. The normalized spacial score (nSPS) is 11.7. The van der Waals surface area contributed by atoms with E-state index in [1.165, 1.54) is 42.4 Å². The summed E-state index contributed by atoms with van der Waals surface area (Å²) in [6.07, 6.45) is 0. The molecule has 0 bridgehead atoms. The number of fused-ring (bicyclic) bond motifs is 10. The fourth-order valence-corrected chi connectivity index (χ4v) is 9.94. The lowest BCUT2D eigenvalue weighted by Gasteiger charge is -2.28. The van der Waals surface area contributed by atoms with Gasteiger partial charge in [0.15, 0.2) is 5.58 Å². The second-order valence-corrected chi connectivity index (χ2v) is 16.2. The molecular weight excluding hydrogens is 737 g/mol. The minimum atomic E-state index is 0.627. The van der Waals surface area contributed by atoms with Crippen molar-refractivity contribution in [3.63, 3.8) is 0 Å². The molecule has 10 aromatic carbocycles. The average Bonchev–Trinajstić information content (AvgIpc) is 3.92. The van der Waals surface area contributed by atoms with Crippen LogP contribution < -0.4 is 4.90 Å². The van der Waals surface area contributed by atoms with Crippen molar-refractivity contribution in [1.29, 1.82) is 0 Å². The summed E-state index contributed by atoms with van der Waals surface area (Å²) < 4.78 is 9.29. The molecule has 0 saturated heterocycles. The number of thiophene rings is 1. The zero-order valence-electron chi connectivity index (χ0n) is 31.8. The number of aromatic nitrogens is 1. The number of nitrogens with zero attached hydrogens (tertiary/aromatic N) is 2. The third-order valence-electron chi connectivity index (χ3n) is 11.7. The topological polar surface area (TPSA) is 29.3 Å². The molecule has 2 heterocycles. The lowest BCUT2D eigenvalue weighted by atomic mass is 9.94. The summed E-state index contributed by atoms with van der Waals surface area (Å²) in [6.45, 7) is 0. The van der Waals surface area contributed by atoms with Crippen molar-refractivity contribution in [1.82, 2.24) is 4.98 Å². The molecule has 0 aliphatic heterocycles. The van der Waals surface area contributed by atoms with Crippen molar-refractivity contribution in [2.75, 3.05) is 4.90 Å². The van der Waals surface area contributed by atoms with Crippen LogP contribution >= 0.6 is 11.3 Å². The van der Waals surface area contributed by atoms with Gasteiger partial charge in [0.05, 0.1) is 5.69 Å². The van der Waals surface area contributed by atoms with Gasteiger partial charge in [-0.25, -0.2) is 4.98 Å². The van der Waals surface area contributed by atoms with Crippen LogP contribution in [0.15, 0.2) is 211 Å². The first kappa shape index (κ1) is 33.6. The van der Waals surface area contributed by atoms with Crippen molar-refractivity contribution < 1.29 is 4.42 Å². The molecule has 0 amide bonds. The second kappa shape index (κ2) is 13.6. The van der Waals surface area contributed by atoms with Crippen LogP contribution in [0.1, 0.15) is 0 Å². The fourth-order valence-electron chi connectivity index (χ4n) is 8.85. The van der Waals surface area contributed by atoms with Crippen molar-refractivity contribution >= 4 is 92.0 Å². The highest BCUT2D eigenvalue weighted by molar-refractivity contribution is 7.25. The number of hydrogen-bond donors (Lipinski definition) is 0. The van der Waals surface area contributed by atoms with Gasteiger partial charge in [0, 0.05) is 53.3 Å². The zero-order valence-corrected chi connectivity index (χ0v) is 32.7. The molecule has 0 atom stereocenters. The molecule has 3 nitrogen and oxygen atoms in total. The lowest BCUT2D eigenvalue weighted by Crippen LogP contribution is -2.10. The molecule has 4 heteroatoms. The fraction of sp³-hybridized carbons (Fsp3) is 0. The molecule has 0 aliphatic carbocycles. The van der Waals surface area contributed by atoms with Crippen LogP contribution in [0.5, 0.6) is 0 Å². The molecule has 0 radical (unpaired) electrons. The Kier molecular flexibility index (Phi) is 7.72. The zero-order chi connectivity index (χ0) is 38.9. The van der Waals surface area contributed by atoms with Crippen LogP contribution in [-0.2, 0) is 0 Å². The Morgan fingerprint density at radius 1 is 0.390 bits per heavy atom. The predicted molar refractivity (Wildman–Crippen MR) is 250 cm³/mol. The van der Waals surface area contributed by atoms with Crippen molar-refractivity contribution in [2.24, 2.45) is 0 Å². The van der Waals surface area contributed by atoms with Gasteiger partial charge in [-0.1, -0.05) is 140 Å². The summed E-state index contributed by atoms with van der Waals surface area (Å²) in [4.78, 5) is 7.37. The van der Waals surface area contributed by atoms with Crippen LogP contribution in [0.25, 0.3) is 97.3 Å². The van der Waals surface area contributed by atoms with Gasteiger partial charge in [-0.15, -0.1) is 11.3 Å². The van der Waals surface area contributed by atoms with Crippen molar-refractivity contribution in [3.8, 4) is 33.7 Å². The quantitative estimate of drug-likeness (QED) is 0.158. The van der Waals surface area contributed by atoms with Gasteiger partial charge in [0.1, 0.15) is 5.52 Å². The molecule has 276 valence electrons. The molecule has 0 aliphatic rings. The van der Waals surface area contributed by atoms with Crippen molar-refractivity contribution in [3.05, 3.63) is 206 Å². The molecule has 59 heavy (non-hydrogen) atoms. The van der Waals surface area contributed by atoms with Crippen LogP contribution in [0.3, 0.4) is 0 Å². The van der Waals surface area contributed by atoms with E-state index >= 15 is 0 Å². The minimum absolute atomic E-state index is 0.627. The highest BCUT2D eigenvalue weighted by atomic mass is 32.1. The predicted octanol–water partition coefficient (Wildman–Crippen LogP) is 16.1. The maximum Gasteiger partial charge on any atom is 0.227 e. The van der Waals surface area contributed by atoms with Gasteiger partial charge >= 0.3 is 0 Å². The molecule has 12 rings (SSSR count). The monoisotopic (exact) mass is 770 g/mol. The SMILES string of the molecule is c1ccc(-c2ccc(N(c3cccc(-c4ccc5sc6ccccc6c5c4)c3)c3cccc4c3ccc3ccc5ccc6nc(-c7ccccc7)oc6c5c34)cc2)cc1. The maximum atomic E-state index is 6.67. The first-order valence-corrected chi connectivity index (χ1v) is 20.8. The Morgan fingerprint density at radius 3 is 1.86 bits per heavy atom. The number of oxazole rings is 1. The van der Waals surface area contributed by atoms with E-state index < -0.39 is 0 Å². The third kappa shape index (κ3) is 5.60. The van der Waals surface area contributed by atoms with E-state index in [9.17, 15) is 0 Å². The van der Waals surface area contributed by atoms with E-state index in [1.54, 1.807) is 0 Å². The Balaban J connectivity index is 1.07. The van der Waals surface area contributed by atoms with E-state index in [1.807, 2.05) is 41.7 Å². The van der Waals surface area contributed by atoms with Crippen LogP contribution in [0, 0.1) is 0 Å². The van der Waals surface area contributed by atoms with Gasteiger partial charge < -0.3 is 9.32 Å². The van der Waals surface area contributed by atoms with E-state index in [0.717, 1.165) is 66.0 Å². The largest absolute Gasteiger partial charge is 0.435 e. The van der Waals surface area contributed by atoms with Gasteiger partial charge in [-0.3, -0.25) is 0 Å². The summed E-state index contributed by atoms with van der Waals surface area (Å²) >= 11 is 1.85. The van der Waals surface area contributed by atoms with E-state index in [0.29, 0.717) is 5.89 Å². The molecule has 0 saturated carbocycles. The van der Waals surface area contributed by atoms with Gasteiger partial charge in [-0.2, -0.15) is 0 Å². The molecule has 0 fully saturated rings. The molecule has 0 unspecified atom stereocenters. The smallest absolute Gasteiger partial charge is 0.227 e. The molecule has 12 aromatic rings. The summed E-state index contributed by atoms with van der Waals surface area (Å²) in [6, 6.07) is 74.1. The summed E-state index contributed by atoms with van der Waals surface area (Å²) in [5.41, 5.74) is 10.6. The average molecular weight is 771 g/mol. The first-order valence-electron chi connectivity index (χ1n) is 19.9.